The Morgan fingerprint density at radius 2 is 2.12 bits per heavy atom. The molecule has 5 heteroatoms. The third-order valence-electron chi connectivity index (χ3n) is 5.36. The number of piperidine rings is 1. The van der Waals surface area contributed by atoms with Crippen LogP contribution in [-0.2, 0) is 4.79 Å². The number of hydrogen-bond donors (Lipinski definition) is 2. The van der Waals surface area contributed by atoms with E-state index < -0.39 is 0 Å². The summed E-state index contributed by atoms with van der Waals surface area (Å²) in [4.78, 5) is 28.9. The Morgan fingerprint density at radius 1 is 1.29 bits per heavy atom. The number of fused-ring (bicyclic) bond motifs is 1. The number of carbonyl (C=O) groups excluding carboxylic acids is 2. The molecular weight excluding hydrogens is 302 g/mol. The summed E-state index contributed by atoms with van der Waals surface area (Å²) in [6, 6.07) is 9.54. The number of aryl methyl sites for hydroxylation is 1. The minimum absolute atomic E-state index is 0.0169. The molecule has 24 heavy (non-hydrogen) atoms. The van der Waals surface area contributed by atoms with E-state index in [4.69, 9.17) is 0 Å². The monoisotopic (exact) mass is 323 g/mol. The normalized spacial score (nSPS) is 22.0. The average molecular weight is 323 g/mol. The fourth-order valence-electron chi connectivity index (χ4n) is 3.83. The summed E-state index contributed by atoms with van der Waals surface area (Å²) in [6.45, 7) is 1.95. The van der Waals surface area contributed by atoms with Crippen molar-refractivity contribution in [3.8, 4) is 0 Å². The van der Waals surface area contributed by atoms with E-state index in [9.17, 15) is 9.59 Å². The van der Waals surface area contributed by atoms with Crippen LogP contribution in [0.5, 0.6) is 0 Å². The lowest BCUT2D eigenvalue weighted by molar-refractivity contribution is -0.127. The number of hydrogen-bond acceptors (Lipinski definition) is 3. The zero-order valence-corrected chi connectivity index (χ0v) is 13.8. The molecule has 1 saturated heterocycles. The first kappa shape index (κ1) is 15.1. The molecule has 5 nitrogen and oxygen atoms in total. The summed E-state index contributed by atoms with van der Waals surface area (Å²) in [5.74, 6) is 0.0252. The minimum atomic E-state index is -0.222. The van der Waals surface area contributed by atoms with Gasteiger partial charge in [-0.2, -0.15) is 0 Å². The van der Waals surface area contributed by atoms with Gasteiger partial charge in [0.15, 0.2) is 0 Å². The van der Waals surface area contributed by atoms with Crippen LogP contribution in [0.15, 0.2) is 30.3 Å². The summed E-state index contributed by atoms with van der Waals surface area (Å²) >= 11 is 0. The standard InChI is InChI=1S/C19H21N3O2/c1-12-3-4-13-11-14(5-6-15(13)20-12)18(24)21-16-7-8-17(23)22-19(16)9-2-10-19/h3-6,11,16H,2,7-10H2,1H3,(H,21,24)(H,22,23). The Kier molecular flexibility index (Phi) is 3.52. The smallest absolute Gasteiger partial charge is 0.251 e. The maximum absolute atomic E-state index is 12.7. The van der Waals surface area contributed by atoms with Crippen molar-refractivity contribution >= 4 is 22.7 Å². The lowest BCUT2D eigenvalue weighted by atomic mass is 9.68. The highest BCUT2D eigenvalue weighted by Gasteiger charge is 2.48. The first-order valence-electron chi connectivity index (χ1n) is 8.55. The summed E-state index contributed by atoms with van der Waals surface area (Å²) in [5, 5.41) is 7.22. The van der Waals surface area contributed by atoms with Crippen molar-refractivity contribution in [2.75, 3.05) is 0 Å². The third-order valence-corrected chi connectivity index (χ3v) is 5.36. The molecule has 124 valence electrons. The molecule has 1 aromatic carbocycles. The highest BCUT2D eigenvalue weighted by molar-refractivity contribution is 5.98. The van der Waals surface area contributed by atoms with Crippen LogP contribution in [-0.4, -0.2) is 28.4 Å². The first-order valence-corrected chi connectivity index (χ1v) is 8.55. The van der Waals surface area contributed by atoms with Crippen molar-refractivity contribution in [2.45, 2.75) is 50.6 Å². The molecule has 2 aromatic rings. The molecule has 1 unspecified atom stereocenters. The third kappa shape index (κ3) is 2.54. The van der Waals surface area contributed by atoms with E-state index in [1.54, 1.807) is 0 Å². The Bertz CT molecular complexity index is 826. The van der Waals surface area contributed by atoms with Crippen molar-refractivity contribution in [3.05, 3.63) is 41.6 Å². The highest BCUT2D eigenvalue weighted by atomic mass is 16.2. The minimum Gasteiger partial charge on any atom is -0.349 e. The van der Waals surface area contributed by atoms with Gasteiger partial charge in [0.25, 0.3) is 5.91 Å². The molecule has 1 atom stereocenters. The fourth-order valence-corrected chi connectivity index (χ4v) is 3.83. The van der Waals surface area contributed by atoms with Gasteiger partial charge in [0, 0.05) is 23.1 Å². The maximum Gasteiger partial charge on any atom is 0.251 e. The summed E-state index contributed by atoms with van der Waals surface area (Å²) < 4.78 is 0. The van der Waals surface area contributed by atoms with Crippen LogP contribution in [0.2, 0.25) is 0 Å². The number of aromatic nitrogens is 1. The molecule has 2 heterocycles. The molecule has 1 saturated carbocycles. The van der Waals surface area contributed by atoms with Gasteiger partial charge in [-0.25, -0.2) is 0 Å². The van der Waals surface area contributed by atoms with E-state index in [0.717, 1.165) is 35.9 Å². The summed E-state index contributed by atoms with van der Waals surface area (Å²) in [6.07, 6.45) is 4.20. The van der Waals surface area contributed by atoms with Crippen molar-refractivity contribution in [3.63, 3.8) is 0 Å². The molecule has 2 N–H and O–H groups in total. The van der Waals surface area contributed by atoms with Gasteiger partial charge in [0.1, 0.15) is 0 Å². The quantitative estimate of drug-likeness (QED) is 0.892. The average Bonchev–Trinajstić information content (AvgIpc) is 2.54. The number of nitrogens with zero attached hydrogens (tertiary/aromatic N) is 1. The lowest BCUT2D eigenvalue weighted by Gasteiger charge is -2.50. The predicted molar refractivity (Wildman–Crippen MR) is 91.7 cm³/mol. The molecule has 0 radical (unpaired) electrons. The Labute approximate surface area is 140 Å². The SMILES string of the molecule is Cc1ccc2cc(C(=O)NC3CCC(=O)NC34CCC4)ccc2n1. The van der Waals surface area contributed by atoms with Gasteiger partial charge in [-0.3, -0.25) is 14.6 Å². The van der Waals surface area contributed by atoms with Crippen LogP contribution >= 0.6 is 0 Å². The van der Waals surface area contributed by atoms with Gasteiger partial charge in [0.05, 0.1) is 17.1 Å². The predicted octanol–water partition coefficient (Wildman–Crippen LogP) is 2.47. The second-order valence-corrected chi connectivity index (χ2v) is 6.98. The Balaban J connectivity index is 1.55. The molecule has 2 aliphatic rings. The lowest BCUT2D eigenvalue weighted by Crippen LogP contribution is -2.68. The first-order chi connectivity index (χ1) is 11.6. The molecule has 0 bridgehead atoms. The molecule has 2 fully saturated rings. The number of amides is 2. The van der Waals surface area contributed by atoms with Crippen molar-refractivity contribution in [2.24, 2.45) is 0 Å². The Morgan fingerprint density at radius 3 is 2.88 bits per heavy atom. The Hall–Kier alpha value is -2.43. The van der Waals surface area contributed by atoms with E-state index in [1.165, 1.54) is 0 Å². The topological polar surface area (TPSA) is 71.1 Å². The van der Waals surface area contributed by atoms with Gasteiger partial charge in [-0.05, 0) is 56.9 Å². The molecule has 1 spiro atoms. The van der Waals surface area contributed by atoms with Crippen LogP contribution in [0.25, 0.3) is 10.9 Å². The molecule has 1 aliphatic heterocycles. The number of carbonyl (C=O) groups is 2. The van der Waals surface area contributed by atoms with Gasteiger partial charge < -0.3 is 10.6 Å². The largest absolute Gasteiger partial charge is 0.349 e. The van der Waals surface area contributed by atoms with Crippen molar-refractivity contribution in [1.82, 2.24) is 15.6 Å². The van der Waals surface area contributed by atoms with Gasteiger partial charge in [-0.1, -0.05) is 6.07 Å². The number of nitrogens with one attached hydrogen (secondary N) is 2. The zero-order chi connectivity index (χ0) is 16.7. The van der Waals surface area contributed by atoms with Crippen LogP contribution in [0, 0.1) is 6.92 Å². The second-order valence-electron chi connectivity index (χ2n) is 6.98. The van der Waals surface area contributed by atoms with Crippen molar-refractivity contribution in [1.29, 1.82) is 0 Å². The van der Waals surface area contributed by atoms with Crippen LogP contribution in [0.4, 0.5) is 0 Å². The number of rotatable bonds is 2. The zero-order valence-electron chi connectivity index (χ0n) is 13.8. The van der Waals surface area contributed by atoms with Gasteiger partial charge in [0.2, 0.25) is 5.91 Å². The summed E-state index contributed by atoms with van der Waals surface area (Å²) in [5.41, 5.74) is 2.27. The molecular formula is C19H21N3O2. The van der Waals surface area contributed by atoms with Crippen LogP contribution < -0.4 is 10.6 Å². The highest BCUT2D eigenvalue weighted by Crippen LogP contribution is 2.39. The molecule has 1 aliphatic carbocycles. The fraction of sp³-hybridized carbons (Fsp3) is 0.421. The molecule has 1 aromatic heterocycles. The van der Waals surface area contributed by atoms with E-state index in [2.05, 4.69) is 15.6 Å². The van der Waals surface area contributed by atoms with Crippen molar-refractivity contribution < 1.29 is 9.59 Å². The maximum atomic E-state index is 12.7. The molecule has 4 rings (SSSR count). The van der Waals surface area contributed by atoms with Gasteiger partial charge >= 0.3 is 0 Å². The van der Waals surface area contributed by atoms with Gasteiger partial charge in [-0.15, -0.1) is 0 Å². The van der Waals surface area contributed by atoms with E-state index in [0.29, 0.717) is 18.4 Å². The molecule has 2 amide bonds. The summed E-state index contributed by atoms with van der Waals surface area (Å²) in [7, 11) is 0. The van der Waals surface area contributed by atoms with Crippen LogP contribution in [0.1, 0.15) is 48.2 Å². The van der Waals surface area contributed by atoms with E-state index in [1.807, 2.05) is 37.3 Å². The van der Waals surface area contributed by atoms with E-state index >= 15 is 0 Å². The van der Waals surface area contributed by atoms with Crippen LogP contribution in [0.3, 0.4) is 0 Å². The number of benzene rings is 1. The van der Waals surface area contributed by atoms with E-state index in [-0.39, 0.29) is 23.4 Å². The number of pyridine rings is 1. The second kappa shape index (κ2) is 5.58.